The first-order valence-electron chi connectivity index (χ1n) is 6.68. The Kier molecular flexibility index (Phi) is 6.26. The molecule has 0 aromatic carbocycles. The van der Waals surface area contributed by atoms with Gasteiger partial charge in [-0.2, -0.15) is 0 Å². The molecule has 3 atom stereocenters. The number of aliphatic hydroxyl groups is 1. The summed E-state index contributed by atoms with van der Waals surface area (Å²) in [7, 11) is 0. The Bertz CT molecular complexity index is 157. The molecule has 2 nitrogen and oxygen atoms in total. The van der Waals surface area contributed by atoms with Crippen molar-refractivity contribution in [1.82, 2.24) is 5.32 Å². The Morgan fingerprint density at radius 2 is 2.13 bits per heavy atom. The first kappa shape index (κ1) is 13.0. The Morgan fingerprint density at radius 3 is 2.73 bits per heavy atom. The molecule has 1 aliphatic carbocycles. The van der Waals surface area contributed by atoms with Gasteiger partial charge in [0.15, 0.2) is 0 Å². The second-order valence-electron chi connectivity index (χ2n) is 4.89. The van der Waals surface area contributed by atoms with Gasteiger partial charge < -0.3 is 10.4 Å². The fourth-order valence-electron chi connectivity index (χ4n) is 2.67. The standard InChI is InChI=1S/C13H27NO/c1-3-5-7-11-8-6-9-13(11)14-12(4-2)10-15/h11-15H,3-10H2,1-2H3/t11?,12-,13?/m1/s1. The molecule has 0 aromatic heterocycles. The molecule has 2 heteroatoms. The quantitative estimate of drug-likeness (QED) is 0.681. The van der Waals surface area contributed by atoms with E-state index in [4.69, 9.17) is 0 Å². The minimum absolute atomic E-state index is 0.285. The molecule has 0 spiro atoms. The van der Waals surface area contributed by atoms with E-state index in [2.05, 4.69) is 19.2 Å². The van der Waals surface area contributed by atoms with Crippen molar-refractivity contribution < 1.29 is 5.11 Å². The fourth-order valence-corrected chi connectivity index (χ4v) is 2.67. The van der Waals surface area contributed by atoms with Crippen molar-refractivity contribution in [3.8, 4) is 0 Å². The van der Waals surface area contributed by atoms with Crippen LogP contribution >= 0.6 is 0 Å². The molecule has 2 unspecified atom stereocenters. The van der Waals surface area contributed by atoms with Crippen LogP contribution in [0.25, 0.3) is 0 Å². The molecule has 0 saturated heterocycles. The van der Waals surface area contributed by atoms with Crippen molar-refractivity contribution in [3.63, 3.8) is 0 Å². The molecule has 0 aromatic rings. The molecule has 0 bridgehead atoms. The summed E-state index contributed by atoms with van der Waals surface area (Å²) >= 11 is 0. The predicted octanol–water partition coefficient (Wildman–Crippen LogP) is 2.71. The van der Waals surface area contributed by atoms with E-state index in [9.17, 15) is 5.11 Å². The summed E-state index contributed by atoms with van der Waals surface area (Å²) in [5.41, 5.74) is 0. The molecule has 2 N–H and O–H groups in total. The van der Waals surface area contributed by atoms with E-state index in [1.54, 1.807) is 0 Å². The van der Waals surface area contributed by atoms with Gasteiger partial charge in [-0.15, -0.1) is 0 Å². The molecule has 1 saturated carbocycles. The lowest BCUT2D eigenvalue weighted by Gasteiger charge is -2.25. The van der Waals surface area contributed by atoms with Crippen LogP contribution in [0.15, 0.2) is 0 Å². The zero-order valence-electron chi connectivity index (χ0n) is 10.3. The lowest BCUT2D eigenvalue weighted by molar-refractivity contribution is 0.215. The molecule has 0 heterocycles. The molecule has 1 rings (SSSR count). The average Bonchev–Trinajstić information content (AvgIpc) is 2.70. The maximum atomic E-state index is 9.19. The minimum Gasteiger partial charge on any atom is -0.395 e. The molecular formula is C13H27NO. The van der Waals surface area contributed by atoms with E-state index in [0.29, 0.717) is 12.1 Å². The summed E-state index contributed by atoms with van der Waals surface area (Å²) in [4.78, 5) is 0. The lowest BCUT2D eigenvalue weighted by Crippen LogP contribution is -2.42. The van der Waals surface area contributed by atoms with Gasteiger partial charge in [0.2, 0.25) is 0 Å². The normalized spacial score (nSPS) is 28.2. The third kappa shape index (κ3) is 4.12. The summed E-state index contributed by atoms with van der Waals surface area (Å²) in [5, 5.41) is 12.8. The summed E-state index contributed by atoms with van der Waals surface area (Å²) in [5.74, 6) is 0.866. The highest BCUT2D eigenvalue weighted by Gasteiger charge is 2.27. The van der Waals surface area contributed by atoms with E-state index >= 15 is 0 Å². The topological polar surface area (TPSA) is 32.3 Å². The van der Waals surface area contributed by atoms with Crippen LogP contribution in [0.5, 0.6) is 0 Å². The first-order valence-corrected chi connectivity index (χ1v) is 6.68. The Morgan fingerprint density at radius 1 is 1.33 bits per heavy atom. The third-order valence-corrected chi connectivity index (χ3v) is 3.75. The average molecular weight is 213 g/mol. The second kappa shape index (κ2) is 7.24. The summed E-state index contributed by atoms with van der Waals surface area (Å²) in [6.45, 7) is 4.69. The number of hydrogen-bond acceptors (Lipinski definition) is 2. The molecule has 90 valence electrons. The van der Waals surface area contributed by atoms with E-state index in [1.807, 2.05) is 0 Å². The summed E-state index contributed by atoms with van der Waals surface area (Å²) in [6, 6.07) is 0.992. The molecule has 0 amide bonds. The molecule has 15 heavy (non-hydrogen) atoms. The first-order chi connectivity index (χ1) is 7.31. The van der Waals surface area contributed by atoms with Crippen LogP contribution in [0.4, 0.5) is 0 Å². The van der Waals surface area contributed by atoms with Gasteiger partial charge in [0.1, 0.15) is 0 Å². The van der Waals surface area contributed by atoms with Gasteiger partial charge in [-0.1, -0.05) is 33.1 Å². The van der Waals surface area contributed by atoms with Crippen molar-refractivity contribution in [2.75, 3.05) is 6.61 Å². The van der Waals surface area contributed by atoms with Crippen LogP contribution in [-0.4, -0.2) is 23.8 Å². The molecule has 1 fully saturated rings. The number of unbranched alkanes of at least 4 members (excludes halogenated alkanes) is 1. The number of nitrogens with one attached hydrogen (secondary N) is 1. The van der Waals surface area contributed by atoms with E-state index in [-0.39, 0.29) is 6.61 Å². The highest BCUT2D eigenvalue weighted by atomic mass is 16.3. The maximum absolute atomic E-state index is 9.19. The van der Waals surface area contributed by atoms with Crippen molar-refractivity contribution in [3.05, 3.63) is 0 Å². The van der Waals surface area contributed by atoms with Crippen LogP contribution < -0.4 is 5.32 Å². The van der Waals surface area contributed by atoms with Gasteiger partial charge in [-0.05, 0) is 31.6 Å². The van der Waals surface area contributed by atoms with Gasteiger partial charge in [0, 0.05) is 12.1 Å². The molecule has 0 radical (unpaired) electrons. The second-order valence-corrected chi connectivity index (χ2v) is 4.89. The van der Waals surface area contributed by atoms with Gasteiger partial charge >= 0.3 is 0 Å². The Balaban J connectivity index is 2.31. The van der Waals surface area contributed by atoms with E-state index in [1.165, 1.54) is 38.5 Å². The van der Waals surface area contributed by atoms with Gasteiger partial charge in [-0.25, -0.2) is 0 Å². The Hall–Kier alpha value is -0.0800. The third-order valence-electron chi connectivity index (χ3n) is 3.75. The van der Waals surface area contributed by atoms with Crippen molar-refractivity contribution >= 4 is 0 Å². The van der Waals surface area contributed by atoms with Crippen molar-refractivity contribution in [2.45, 2.75) is 70.9 Å². The van der Waals surface area contributed by atoms with Crippen LogP contribution in [0, 0.1) is 5.92 Å². The number of hydrogen-bond donors (Lipinski definition) is 2. The zero-order chi connectivity index (χ0) is 11.1. The minimum atomic E-state index is 0.285. The van der Waals surface area contributed by atoms with Crippen LogP contribution in [0.1, 0.15) is 58.8 Å². The SMILES string of the molecule is CCCCC1CCCC1N[C@H](CC)CO. The monoisotopic (exact) mass is 213 g/mol. The Labute approximate surface area is 94.5 Å². The predicted molar refractivity (Wildman–Crippen MR) is 65.0 cm³/mol. The number of aliphatic hydroxyl groups excluding tert-OH is 1. The summed E-state index contributed by atoms with van der Waals surface area (Å²) in [6.07, 6.45) is 9.14. The summed E-state index contributed by atoms with van der Waals surface area (Å²) < 4.78 is 0. The van der Waals surface area contributed by atoms with Gasteiger partial charge in [-0.3, -0.25) is 0 Å². The van der Waals surface area contributed by atoms with Crippen molar-refractivity contribution in [2.24, 2.45) is 5.92 Å². The highest BCUT2D eigenvalue weighted by Crippen LogP contribution is 2.30. The van der Waals surface area contributed by atoms with E-state index in [0.717, 1.165) is 12.3 Å². The zero-order valence-corrected chi connectivity index (χ0v) is 10.3. The van der Waals surface area contributed by atoms with Gasteiger partial charge in [0.05, 0.1) is 6.61 Å². The molecule has 1 aliphatic rings. The maximum Gasteiger partial charge on any atom is 0.0584 e. The van der Waals surface area contributed by atoms with E-state index < -0.39 is 0 Å². The van der Waals surface area contributed by atoms with Crippen LogP contribution in [0.3, 0.4) is 0 Å². The fraction of sp³-hybridized carbons (Fsp3) is 1.00. The molecule has 0 aliphatic heterocycles. The van der Waals surface area contributed by atoms with Crippen LogP contribution in [-0.2, 0) is 0 Å². The van der Waals surface area contributed by atoms with Gasteiger partial charge in [0.25, 0.3) is 0 Å². The van der Waals surface area contributed by atoms with Crippen LogP contribution in [0.2, 0.25) is 0 Å². The van der Waals surface area contributed by atoms with Crippen molar-refractivity contribution in [1.29, 1.82) is 0 Å². The molecular weight excluding hydrogens is 186 g/mol. The lowest BCUT2D eigenvalue weighted by atomic mass is 9.96. The number of rotatable bonds is 7. The highest BCUT2D eigenvalue weighted by molar-refractivity contribution is 4.85. The largest absolute Gasteiger partial charge is 0.395 e. The smallest absolute Gasteiger partial charge is 0.0584 e.